The van der Waals surface area contributed by atoms with Crippen LogP contribution in [0.2, 0.25) is 0 Å². The summed E-state index contributed by atoms with van der Waals surface area (Å²) in [5.74, 6) is -0.698. The summed E-state index contributed by atoms with van der Waals surface area (Å²) >= 11 is 0. The molecule has 7 heteroatoms. The molecule has 1 aliphatic rings. The molecule has 0 aromatic heterocycles. The molecule has 3 N–H and O–H groups in total. The summed E-state index contributed by atoms with van der Waals surface area (Å²) in [5.41, 5.74) is 5.94. The molecule has 0 aliphatic carbocycles. The van der Waals surface area contributed by atoms with Crippen LogP contribution in [0.5, 0.6) is 0 Å². The van der Waals surface area contributed by atoms with Crippen LogP contribution in [0.1, 0.15) is 40.2 Å². The van der Waals surface area contributed by atoms with Crippen molar-refractivity contribution in [1.29, 1.82) is 5.41 Å². The van der Waals surface area contributed by atoms with Crippen molar-refractivity contribution < 1.29 is 18.8 Å². The van der Waals surface area contributed by atoms with Gasteiger partial charge in [-0.1, -0.05) is 6.07 Å². The van der Waals surface area contributed by atoms with E-state index in [-0.39, 0.29) is 12.3 Å². The predicted molar refractivity (Wildman–Crippen MR) is 90.0 cm³/mol. The Kier molecular flexibility index (Phi) is 4.55. The third-order valence-electron chi connectivity index (χ3n) is 4.33. The molecule has 0 saturated carbocycles. The first kappa shape index (κ1) is 17.5. The molecule has 0 radical (unpaired) electrons. The molecule has 1 saturated heterocycles. The second-order valence-electron chi connectivity index (χ2n) is 6.53. The second kappa shape index (κ2) is 5.98. The number of hydrogen-bond donors (Lipinski definition) is 2. The number of esters is 1. The van der Waals surface area contributed by atoms with E-state index in [1.54, 1.807) is 25.1 Å². The van der Waals surface area contributed by atoms with Gasteiger partial charge in [0.2, 0.25) is 0 Å². The fourth-order valence-corrected chi connectivity index (χ4v) is 2.28. The van der Waals surface area contributed by atoms with E-state index in [4.69, 9.17) is 25.2 Å². The zero-order valence-electron chi connectivity index (χ0n) is 14.2. The average molecular weight is 318 g/mol. The normalized spacial score (nSPS) is 18.7. The molecule has 1 aromatic rings. The molecule has 0 unspecified atom stereocenters. The summed E-state index contributed by atoms with van der Waals surface area (Å²) < 4.78 is 16.9. The van der Waals surface area contributed by atoms with E-state index in [1.807, 2.05) is 27.7 Å². The molecule has 124 valence electrons. The highest BCUT2D eigenvalue weighted by molar-refractivity contribution is 6.65. The SMILES string of the molecule is CCOC(=O)C(=N)c1cc(N)ccc1B1OC(C)(C)C(C)(C)O1. The summed E-state index contributed by atoms with van der Waals surface area (Å²) in [4.78, 5) is 11.9. The van der Waals surface area contributed by atoms with Gasteiger partial charge >= 0.3 is 13.1 Å². The van der Waals surface area contributed by atoms with Crippen LogP contribution >= 0.6 is 0 Å². The third kappa shape index (κ3) is 3.25. The first-order valence-corrected chi connectivity index (χ1v) is 7.60. The number of anilines is 1. The first-order chi connectivity index (χ1) is 10.6. The van der Waals surface area contributed by atoms with Crippen LogP contribution in [0, 0.1) is 5.41 Å². The number of nitrogens with two attached hydrogens (primary N) is 1. The Morgan fingerprint density at radius 1 is 1.26 bits per heavy atom. The minimum Gasteiger partial charge on any atom is -0.461 e. The van der Waals surface area contributed by atoms with E-state index in [1.165, 1.54) is 0 Å². The molecule has 2 rings (SSSR count). The van der Waals surface area contributed by atoms with Crippen molar-refractivity contribution in [3.05, 3.63) is 23.8 Å². The summed E-state index contributed by atoms with van der Waals surface area (Å²) in [6.07, 6.45) is 0. The Bertz CT molecular complexity index is 627. The lowest BCUT2D eigenvalue weighted by molar-refractivity contribution is -0.135. The molecule has 1 aliphatic heterocycles. The Morgan fingerprint density at radius 2 is 1.83 bits per heavy atom. The van der Waals surface area contributed by atoms with E-state index >= 15 is 0 Å². The zero-order chi connectivity index (χ0) is 17.4. The molecule has 0 atom stereocenters. The van der Waals surface area contributed by atoms with Gasteiger partial charge in [0.05, 0.1) is 17.8 Å². The van der Waals surface area contributed by atoms with Gasteiger partial charge in [-0.25, -0.2) is 4.79 Å². The van der Waals surface area contributed by atoms with Crippen molar-refractivity contribution in [2.24, 2.45) is 0 Å². The fourth-order valence-electron chi connectivity index (χ4n) is 2.28. The van der Waals surface area contributed by atoms with E-state index in [2.05, 4.69) is 0 Å². The summed E-state index contributed by atoms with van der Waals surface area (Å²) in [6.45, 7) is 9.68. The number of carbonyl (C=O) groups is 1. The smallest absolute Gasteiger partial charge is 0.461 e. The fraction of sp³-hybridized carbons (Fsp3) is 0.500. The maximum atomic E-state index is 11.9. The summed E-state index contributed by atoms with van der Waals surface area (Å²) in [7, 11) is -0.676. The number of rotatable bonds is 4. The quantitative estimate of drug-likeness (QED) is 0.380. The van der Waals surface area contributed by atoms with E-state index in [0.29, 0.717) is 16.7 Å². The molecule has 1 fully saturated rings. The Labute approximate surface area is 136 Å². The van der Waals surface area contributed by atoms with Gasteiger partial charge in [-0.05, 0) is 52.2 Å². The number of carbonyl (C=O) groups excluding carboxylic acids is 1. The number of nitrogen functional groups attached to an aromatic ring is 1. The van der Waals surface area contributed by atoms with Gasteiger partial charge in [0, 0.05) is 11.3 Å². The van der Waals surface area contributed by atoms with Gasteiger partial charge in [-0.2, -0.15) is 0 Å². The Morgan fingerprint density at radius 3 is 2.35 bits per heavy atom. The standard InChI is InChI=1S/C16H23BN2O4/c1-6-21-14(20)13(19)11-9-10(18)7-8-12(11)17-22-15(2,3)16(4,5)23-17/h7-9,19H,6,18H2,1-5H3. The highest BCUT2D eigenvalue weighted by Gasteiger charge is 2.52. The monoisotopic (exact) mass is 318 g/mol. The van der Waals surface area contributed by atoms with Crippen molar-refractivity contribution in [3.63, 3.8) is 0 Å². The number of ether oxygens (including phenoxy) is 1. The largest absolute Gasteiger partial charge is 0.495 e. The van der Waals surface area contributed by atoms with Crippen LogP contribution in [0.4, 0.5) is 5.69 Å². The van der Waals surface area contributed by atoms with Crippen molar-refractivity contribution in [2.45, 2.75) is 45.8 Å². The molecule has 0 amide bonds. The minimum absolute atomic E-state index is 0.204. The average Bonchev–Trinajstić information content (AvgIpc) is 2.66. The predicted octanol–water partition coefficient (Wildman–Crippen LogP) is 1.50. The van der Waals surface area contributed by atoms with Crippen LogP contribution in [0.3, 0.4) is 0 Å². The lowest BCUT2D eigenvalue weighted by Gasteiger charge is -2.32. The number of benzene rings is 1. The van der Waals surface area contributed by atoms with Crippen molar-refractivity contribution >= 4 is 29.9 Å². The maximum absolute atomic E-state index is 11.9. The molecule has 1 aromatic carbocycles. The summed E-state index contributed by atoms with van der Waals surface area (Å²) in [5, 5.41) is 8.10. The van der Waals surface area contributed by atoms with Crippen molar-refractivity contribution in [2.75, 3.05) is 12.3 Å². The molecule has 0 bridgehead atoms. The highest BCUT2D eigenvalue weighted by atomic mass is 16.7. The molecule has 6 nitrogen and oxygen atoms in total. The van der Waals surface area contributed by atoms with Crippen LogP contribution in [0.15, 0.2) is 18.2 Å². The molecule has 23 heavy (non-hydrogen) atoms. The highest BCUT2D eigenvalue weighted by Crippen LogP contribution is 2.36. The molecule has 0 spiro atoms. The number of nitrogens with one attached hydrogen (secondary N) is 1. The van der Waals surface area contributed by atoms with Gasteiger partial charge in [0.25, 0.3) is 0 Å². The Hall–Kier alpha value is -1.86. The zero-order valence-corrected chi connectivity index (χ0v) is 14.2. The lowest BCUT2D eigenvalue weighted by Crippen LogP contribution is -2.41. The molecular weight excluding hydrogens is 295 g/mol. The topological polar surface area (TPSA) is 94.6 Å². The first-order valence-electron chi connectivity index (χ1n) is 7.60. The van der Waals surface area contributed by atoms with Gasteiger partial charge in [0.15, 0.2) is 0 Å². The Balaban J connectivity index is 2.41. The number of hydrogen-bond acceptors (Lipinski definition) is 6. The van der Waals surface area contributed by atoms with Crippen LogP contribution in [0.25, 0.3) is 0 Å². The van der Waals surface area contributed by atoms with Gasteiger partial charge < -0.3 is 19.8 Å². The van der Waals surface area contributed by atoms with Crippen LogP contribution < -0.4 is 11.2 Å². The summed E-state index contributed by atoms with van der Waals surface area (Å²) in [6, 6.07) is 4.99. The van der Waals surface area contributed by atoms with Crippen molar-refractivity contribution in [1.82, 2.24) is 0 Å². The van der Waals surface area contributed by atoms with Crippen molar-refractivity contribution in [3.8, 4) is 0 Å². The van der Waals surface area contributed by atoms with Crippen LogP contribution in [-0.2, 0) is 18.8 Å². The van der Waals surface area contributed by atoms with Gasteiger partial charge in [-0.3, -0.25) is 5.41 Å². The molecule has 1 heterocycles. The minimum atomic E-state index is -0.698. The van der Waals surface area contributed by atoms with E-state index in [9.17, 15) is 4.79 Å². The maximum Gasteiger partial charge on any atom is 0.495 e. The van der Waals surface area contributed by atoms with Gasteiger partial charge in [0.1, 0.15) is 5.71 Å². The van der Waals surface area contributed by atoms with Gasteiger partial charge in [-0.15, -0.1) is 0 Å². The third-order valence-corrected chi connectivity index (χ3v) is 4.33. The van der Waals surface area contributed by atoms with E-state index in [0.717, 1.165) is 0 Å². The lowest BCUT2D eigenvalue weighted by atomic mass is 9.74. The van der Waals surface area contributed by atoms with E-state index < -0.39 is 24.3 Å². The second-order valence-corrected chi connectivity index (χ2v) is 6.53. The van der Waals surface area contributed by atoms with Crippen LogP contribution in [-0.4, -0.2) is 36.6 Å². The molecular formula is C16H23BN2O4.